The summed E-state index contributed by atoms with van der Waals surface area (Å²) in [5.41, 5.74) is -7.31. The van der Waals surface area contributed by atoms with E-state index in [1.165, 1.54) is 50.6 Å². The zero-order valence-corrected chi connectivity index (χ0v) is 72.1. The highest BCUT2D eigenvalue weighted by atomic mass is 32.2. The molecule has 660 valence electrons. The van der Waals surface area contributed by atoms with Gasteiger partial charge in [0.15, 0.2) is 45.8 Å². The second-order valence-electron chi connectivity index (χ2n) is 35.8. The summed E-state index contributed by atoms with van der Waals surface area (Å²) in [4.78, 5) is 126. The van der Waals surface area contributed by atoms with Gasteiger partial charge >= 0.3 is 11.9 Å². The number of fused-ring (bicyclic) bond motifs is 6. The average Bonchev–Trinajstić information content (AvgIpc) is 1.57. The zero-order chi connectivity index (χ0) is 88.0. The van der Waals surface area contributed by atoms with E-state index in [2.05, 4.69) is 19.4 Å². The minimum Gasteiger partial charge on any atom is -0.493 e. The van der Waals surface area contributed by atoms with Gasteiger partial charge in [-0.05, 0) is 187 Å². The van der Waals surface area contributed by atoms with Crippen LogP contribution in [0.1, 0.15) is 185 Å². The van der Waals surface area contributed by atoms with Crippen LogP contribution in [0.5, 0.6) is 34.8 Å². The summed E-state index contributed by atoms with van der Waals surface area (Å²) >= 11 is 0. The Morgan fingerprint density at radius 3 is 1.18 bits per heavy atom. The van der Waals surface area contributed by atoms with Crippen LogP contribution in [0.2, 0.25) is 0 Å². The first kappa shape index (κ1) is 91.9. The van der Waals surface area contributed by atoms with E-state index in [4.69, 9.17) is 37.9 Å². The third kappa shape index (κ3) is 19.3. The Balaban J connectivity index is 0.000000235. The maximum Gasteiger partial charge on any atom is 0.307 e. The van der Waals surface area contributed by atoms with Crippen molar-refractivity contribution in [2.45, 2.75) is 242 Å². The van der Waals surface area contributed by atoms with Crippen molar-refractivity contribution in [3.05, 3.63) is 73.1 Å². The Bertz CT molecular complexity index is 4580. The molecule has 4 amide bonds. The minimum atomic E-state index is -4.40. The average molecular weight is 1730 g/mol. The van der Waals surface area contributed by atoms with Gasteiger partial charge < -0.3 is 47.7 Å². The predicted octanol–water partition coefficient (Wildman–Crippen LogP) is 13.0. The zero-order valence-electron chi connectivity index (χ0n) is 70.5. The number of rotatable bonds is 24. The molecule has 0 radical (unpaired) electrons. The van der Waals surface area contributed by atoms with Gasteiger partial charge in [0.25, 0.3) is 11.8 Å². The Hall–Kier alpha value is -8.82. The van der Waals surface area contributed by atoms with Crippen LogP contribution < -0.4 is 37.9 Å². The Kier molecular flexibility index (Phi) is 27.0. The largest absolute Gasteiger partial charge is 0.493 e. The Morgan fingerprint density at radius 2 is 0.867 bits per heavy atom. The van der Waals surface area contributed by atoms with E-state index >= 15 is 0 Å². The molecule has 8 aliphatic rings. The Morgan fingerprint density at radius 1 is 0.525 bits per heavy atom. The quantitative estimate of drug-likeness (QED) is 0.0374. The number of nitrogens with one attached hydrogen (secondary N) is 2. The number of methoxy groups -OCH3 is 4. The molecule has 120 heavy (non-hydrogen) atoms. The molecule has 4 aliphatic heterocycles. The lowest BCUT2D eigenvalue weighted by Gasteiger charge is -2.34. The van der Waals surface area contributed by atoms with Gasteiger partial charge in [-0.25, -0.2) is 53.1 Å². The van der Waals surface area contributed by atoms with Gasteiger partial charge in [-0.2, -0.15) is 0 Å². The number of halogens is 6. The summed E-state index contributed by atoms with van der Waals surface area (Å²) in [5.74, 6) is -14.7. The number of aromatic nitrogens is 2. The lowest BCUT2D eigenvalue weighted by atomic mass is 9.82. The number of Topliss-reactive ketones (excluding diaryl/α,β-unsaturated/α-hetero) is 2. The molecule has 0 spiro atoms. The Labute approximate surface area is 696 Å². The summed E-state index contributed by atoms with van der Waals surface area (Å²) in [6.45, 7) is 10.7. The summed E-state index contributed by atoms with van der Waals surface area (Å²) in [6, 6.07) is 8.01. The van der Waals surface area contributed by atoms with Crippen LogP contribution in [0.15, 0.2) is 73.1 Å². The van der Waals surface area contributed by atoms with Crippen LogP contribution in [0.3, 0.4) is 0 Å². The van der Waals surface area contributed by atoms with Crippen molar-refractivity contribution in [3.8, 4) is 34.8 Å². The number of esters is 2. The third-order valence-corrected chi connectivity index (χ3v) is 30.5. The van der Waals surface area contributed by atoms with Crippen LogP contribution in [0, 0.1) is 58.2 Å². The molecule has 0 unspecified atom stereocenters. The first-order valence-corrected chi connectivity index (χ1v) is 44.0. The molecular formula is C86H112F6N6O20S2. The van der Waals surface area contributed by atoms with Crippen LogP contribution >= 0.6 is 0 Å². The summed E-state index contributed by atoms with van der Waals surface area (Å²) in [7, 11) is -2.83. The maximum absolute atomic E-state index is 14.9. The predicted molar refractivity (Wildman–Crippen MR) is 430 cm³/mol. The first-order chi connectivity index (χ1) is 56.2. The standard InChI is InChI=1S/2C43H56F3N3O10S/c2*1-25-10-8-9-11-28-21-43(28,39(53)48-60(54,55)42(24-44)13-14-42)22-33(50)32-18-29(58-37-31-19-35(57-7)34(56-6)17-27(31)12-15-47-37)23-49(32)38(52)30(26(2)16-25)20-36(51)59-40(3,4)41(5,45)46/h2*9,11-12,15,17,19,25-26,28-30,32H,8,10,13-14,16,18,20-24H2,1-7H3,(H,48,53)/b2*11-9-/t25-,26+,28+,29+,30-,32-,43+;25-,26-,28-,29-,30+,32+,43-/m01/s1. The molecule has 14 atom stereocenters. The van der Waals surface area contributed by atoms with Gasteiger partial charge in [-0.1, -0.05) is 52.0 Å². The van der Waals surface area contributed by atoms with Crippen LogP contribution in [0.4, 0.5) is 26.3 Å². The number of hydrogen-bond acceptors (Lipinski definition) is 22. The van der Waals surface area contributed by atoms with Gasteiger partial charge in [-0.15, -0.1) is 0 Å². The van der Waals surface area contributed by atoms with Crippen molar-refractivity contribution in [2.75, 3.05) is 54.9 Å². The van der Waals surface area contributed by atoms with Gasteiger partial charge in [0.2, 0.25) is 55.4 Å². The van der Waals surface area contributed by atoms with E-state index in [1.807, 2.05) is 38.2 Å². The SMILES string of the molecule is COc1cc2ccnc(O[C@@H]3C[C@H]4C(=O)C[C@]5(C(=O)NS(=O)(=O)C6(CF)CC6)C[C@H]5/C=C\CC[C@@H](C)C[C@@H](C)[C@H](CC(=O)OC(C)(C)C(C)(F)F)C(=O)N4C3)c2cc1OC.COc1cc2ccnc(O[C@@H]3C[C@H]4C(=O)C[C@]5(C(=O)NS(=O)(=O)C6(CF)CC6)C[C@H]5/C=C\CC[C@H](C)C[C@@H](C)[C@H](CC(=O)OC(C)(C)C(C)(F)F)C(=O)N4C3)c2cc1OC. The number of amides is 4. The van der Waals surface area contributed by atoms with Crippen molar-refractivity contribution in [1.29, 1.82) is 0 Å². The smallest absolute Gasteiger partial charge is 0.307 e. The molecule has 0 bridgehead atoms. The number of carbonyl (C=O) groups excluding carboxylic acids is 8. The lowest BCUT2D eigenvalue weighted by Crippen LogP contribution is -2.49. The van der Waals surface area contributed by atoms with Crippen molar-refractivity contribution < 1.29 is 119 Å². The molecule has 12 rings (SSSR count). The number of alkyl halides is 6. The molecule has 2 aromatic carbocycles. The molecule has 2 saturated heterocycles. The fourth-order valence-electron chi connectivity index (χ4n) is 17.1. The lowest BCUT2D eigenvalue weighted by molar-refractivity contribution is -0.197. The molecule has 34 heteroatoms. The number of benzene rings is 2. The second-order valence-corrected chi connectivity index (χ2v) is 39.9. The van der Waals surface area contributed by atoms with E-state index < -0.39 is 209 Å². The summed E-state index contributed by atoms with van der Waals surface area (Å²) in [5, 5.41) is 2.52. The van der Waals surface area contributed by atoms with Crippen molar-refractivity contribution in [1.82, 2.24) is 29.2 Å². The monoisotopic (exact) mass is 1730 g/mol. The topological polar surface area (TPSA) is 335 Å². The maximum atomic E-state index is 14.9. The fraction of sp³-hybridized carbons (Fsp3) is 0.651. The number of sulfonamides is 2. The van der Waals surface area contributed by atoms with Crippen LogP contribution in [-0.4, -0.2) is 195 Å². The van der Waals surface area contributed by atoms with E-state index in [-0.39, 0.29) is 88.1 Å². The molecule has 4 saturated carbocycles. The van der Waals surface area contributed by atoms with Gasteiger partial charge in [-0.3, -0.25) is 47.8 Å². The van der Waals surface area contributed by atoms with Crippen LogP contribution in [0.25, 0.3) is 21.5 Å². The number of hydrogen-bond donors (Lipinski definition) is 2. The van der Waals surface area contributed by atoms with Gasteiger partial charge in [0.05, 0.1) is 89.1 Å². The normalized spacial score (nSPS) is 29.0. The highest BCUT2D eigenvalue weighted by Gasteiger charge is 2.66. The molecule has 2 aromatic heterocycles. The second kappa shape index (κ2) is 35.2. The number of ether oxygens (including phenoxy) is 8. The minimum absolute atomic E-state index is 0.0329. The van der Waals surface area contributed by atoms with E-state index in [0.717, 1.165) is 27.7 Å². The summed E-state index contributed by atoms with van der Waals surface area (Å²) < 4.78 is 185. The first-order valence-electron chi connectivity index (χ1n) is 41.0. The summed E-state index contributed by atoms with van der Waals surface area (Å²) in [6.07, 6.45) is 10.8. The molecule has 26 nitrogen and oxygen atoms in total. The number of ketones is 2. The molecule has 2 N–H and O–H groups in total. The van der Waals surface area contributed by atoms with E-state index in [1.54, 1.807) is 50.2 Å². The molecular weight excluding hydrogens is 1620 g/mol. The van der Waals surface area contributed by atoms with Gasteiger partial charge in [0.1, 0.15) is 35.1 Å². The van der Waals surface area contributed by atoms with Crippen LogP contribution in [-0.2, 0) is 67.9 Å². The number of nitrogens with zero attached hydrogens (tertiary/aromatic N) is 4. The third-order valence-electron chi connectivity index (χ3n) is 26.3. The van der Waals surface area contributed by atoms with E-state index in [9.17, 15) is 81.5 Å². The number of pyridine rings is 2. The van der Waals surface area contributed by atoms with Gasteiger partial charge in [0, 0.05) is 62.7 Å². The number of carbonyl (C=O) groups is 8. The fourth-order valence-corrected chi connectivity index (χ4v) is 20.0. The van der Waals surface area contributed by atoms with Crippen molar-refractivity contribution in [2.24, 2.45) is 58.2 Å². The van der Waals surface area contributed by atoms with Crippen molar-refractivity contribution >= 4 is 88.7 Å². The van der Waals surface area contributed by atoms with Crippen molar-refractivity contribution in [3.63, 3.8) is 0 Å². The molecule has 6 heterocycles. The van der Waals surface area contributed by atoms with E-state index in [0.29, 0.717) is 96.9 Å². The number of allylic oxidation sites excluding steroid dienone is 4. The highest BCUT2D eigenvalue weighted by molar-refractivity contribution is 7.92. The highest BCUT2D eigenvalue weighted by Crippen LogP contribution is 2.60. The molecule has 4 aromatic rings. The molecule has 4 aliphatic carbocycles. The molecule has 6 fully saturated rings.